The highest BCUT2D eigenvalue weighted by atomic mass is 32.2. The first kappa shape index (κ1) is 24.9. The van der Waals surface area contributed by atoms with Crippen LogP contribution in [-0.4, -0.2) is 45.0 Å². The van der Waals surface area contributed by atoms with Gasteiger partial charge in [0.1, 0.15) is 12.6 Å². The summed E-state index contributed by atoms with van der Waals surface area (Å²) in [5.74, 6) is -2.07. The lowest BCUT2D eigenvalue weighted by molar-refractivity contribution is -0.137. The van der Waals surface area contributed by atoms with Crippen molar-refractivity contribution >= 4 is 52.0 Å². The van der Waals surface area contributed by atoms with Gasteiger partial charge in [-0.1, -0.05) is 36.4 Å². The van der Waals surface area contributed by atoms with Gasteiger partial charge in [0, 0.05) is 17.5 Å². The molecule has 10 nitrogen and oxygen atoms in total. The van der Waals surface area contributed by atoms with Crippen LogP contribution in [0.3, 0.4) is 0 Å². The van der Waals surface area contributed by atoms with E-state index in [4.69, 9.17) is 10.0 Å². The van der Waals surface area contributed by atoms with Crippen molar-refractivity contribution in [2.75, 3.05) is 17.3 Å². The summed E-state index contributed by atoms with van der Waals surface area (Å²) in [6, 6.07) is 16.4. The Hall–Kier alpha value is -4.42. The van der Waals surface area contributed by atoms with Crippen molar-refractivity contribution < 1.29 is 23.1 Å². The zero-order chi connectivity index (χ0) is 27.1. The number of carbonyl (C=O) groups is 3. The summed E-state index contributed by atoms with van der Waals surface area (Å²) < 4.78 is 22.1. The van der Waals surface area contributed by atoms with Crippen LogP contribution in [0.2, 0.25) is 0 Å². The van der Waals surface area contributed by atoms with Crippen molar-refractivity contribution in [1.82, 2.24) is 14.7 Å². The molecule has 3 amide bonds. The van der Waals surface area contributed by atoms with Crippen molar-refractivity contribution in [1.29, 1.82) is 0 Å². The third-order valence-corrected chi connectivity index (χ3v) is 7.58. The predicted molar refractivity (Wildman–Crippen MR) is 144 cm³/mol. The number of anilines is 2. The van der Waals surface area contributed by atoms with E-state index in [1.54, 1.807) is 48.5 Å². The zero-order valence-electron chi connectivity index (χ0n) is 20.5. The van der Waals surface area contributed by atoms with Crippen molar-refractivity contribution in [2.24, 2.45) is 5.73 Å². The Morgan fingerprint density at radius 3 is 2.85 bits per heavy atom. The minimum Gasteiger partial charge on any atom is -0.364 e. The van der Waals surface area contributed by atoms with Gasteiger partial charge in [-0.25, -0.2) is 4.39 Å². The molecule has 0 saturated carbocycles. The Bertz CT molecular complexity index is 1640. The molecule has 39 heavy (non-hydrogen) atoms. The maximum absolute atomic E-state index is 15.5. The minimum absolute atomic E-state index is 0.0278. The maximum atomic E-state index is 15.5. The molecule has 1 aromatic heterocycles. The molecule has 4 aromatic rings. The number of rotatable bonds is 6. The standard InChI is InChI=1S/C27H23FN6O4S/c28-24-16(15-10-11-22-19(13-15)32-38-39-22)6-3-7-18(24)30-27(37)21-9-4-12-33(21)23(35)14-34-20-8-2-1-5-17(20)25(31-34)26(29)36/h1-3,5-8,10-11,13,21,32H,4,9,12,14H2,(H2,29,36)(H,30,37). The molecular weight excluding hydrogens is 523 g/mol. The highest BCUT2D eigenvalue weighted by Crippen LogP contribution is 2.38. The fourth-order valence-corrected chi connectivity index (χ4v) is 5.55. The van der Waals surface area contributed by atoms with Gasteiger partial charge in [-0.3, -0.25) is 24.5 Å². The summed E-state index contributed by atoms with van der Waals surface area (Å²) in [6.07, 6.45) is 1.07. The van der Waals surface area contributed by atoms with Gasteiger partial charge in [0.15, 0.2) is 11.5 Å². The normalized spacial score (nSPS) is 16.2. The van der Waals surface area contributed by atoms with E-state index in [0.29, 0.717) is 41.4 Å². The molecule has 12 heteroatoms. The molecule has 1 atom stereocenters. The van der Waals surface area contributed by atoms with Crippen molar-refractivity contribution in [3.05, 3.63) is 72.2 Å². The Balaban J connectivity index is 1.20. The first-order valence-corrected chi connectivity index (χ1v) is 13.0. The van der Waals surface area contributed by atoms with Gasteiger partial charge in [0.25, 0.3) is 5.91 Å². The third kappa shape index (κ3) is 4.57. The number of nitrogens with two attached hydrogens (primary N) is 1. The number of primary amides is 1. The number of nitrogens with one attached hydrogen (secondary N) is 2. The largest absolute Gasteiger partial charge is 0.364 e. The van der Waals surface area contributed by atoms with Crippen molar-refractivity contribution in [3.63, 3.8) is 0 Å². The molecule has 1 unspecified atom stereocenters. The number of halogens is 1. The van der Waals surface area contributed by atoms with E-state index in [1.807, 2.05) is 6.07 Å². The number of hydrogen-bond donors (Lipinski definition) is 3. The van der Waals surface area contributed by atoms with Gasteiger partial charge >= 0.3 is 0 Å². The molecule has 198 valence electrons. The van der Waals surface area contributed by atoms with E-state index in [9.17, 15) is 14.4 Å². The van der Waals surface area contributed by atoms with Gasteiger partial charge < -0.3 is 16.0 Å². The molecule has 0 spiro atoms. The Labute approximate surface area is 226 Å². The predicted octanol–water partition coefficient (Wildman–Crippen LogP) is 3.94. The van der Waals surface area contributed by atoms with E-state index in [-0.39, 0.29) is 23.8 Å². The van der Waals surface area contributed by atoms with E-state index in [2.05, 4.69) is 15.9 Å². The van der Waals surface area contributed by atoms with Crippen LogP contribution in [0, 0.1) is 5.82 Å². The van der Waals surface area contributed by atoms with Crippen molar-refractivity contribution in [2.45, 2.75) is 30.3 Å². The fourth-order valence-electron chi connectivity index (χ4n) is 5.01. The number of nitrogens with zero attached hydrogens (tertiary/aromatic N) is 3. The second kappa shape index (κ2) is 10.0. The highest BCUT2D eigenvalue weighted by Gasteiger charge is 2.35. The average Bonchev–Trinajstić information content (AvgIpc) is 3.68. The maximum Gasteiger partial charge on any atom is 0.269 e. The van der Waals surface area contributed by atoms with Gasteiger partial charge in [-0.05, 0) is 42.7 Å². The number of para-hydroxylation sites is 1. The fraction of sp³-hybridized carbons (Fsp3) is 0.185. The molecule has 0 radical (unpaired) electrons. The number of benzene rings is 3. The topological polar surface area (TPSA) is 132 Å². The Kier molecular flexibility index (Phi) is 6.41. The first-order valence-electron chi connectivity index (χ1n) is 12.3. The average molecular weight is 547 g/mol. The summed E-state index contributed by atoms with van der Waals surface area (Å²) in [4.78, 5) is 40.7. The molecule has 4 N–H and O–H groups in total. The lowest BCUT2D eigenvalue weighted by Gasteiger charge is -2.24. The number of likely N-dealkylation sites (tertiary alicyclic amines) is 1. The molecular formula is C27H23FN6O4S. The van der Waals surface area contributed by atoms with E-state index < -0.39 is 23.7 Å². The van der Waals surface area contributed by atoms with Crippen LogP contribution >= 0.6 is 12.0 Å². The molecule has 6 rings (SSSR count). The number of fused-ring (bicyclic) bond motifs is 2. The Morgan fingerprint density at radius 1 is 1.15 bits per heavy atom. The van der Waals surface area contributed by atoms with Gasteiger partial charge in [0.2, 0.25) is 11.8 Å². The van der Waals surface area contributed by atoms with E-state index >= 15 is 4.39 Å². The summed E-state index contributed by atoms with van der Waals surface area (Å²) in [5, 5.41) is 7.47. The van der Waals surface area contributed by atoms with E-state index in [1.165, 1.54) is 27.7 Å². The number of amides is 3. The summed E-state index contributed by atoms with van der Waals surface area (Å²) in [5.41, 5.74) is 10.6. The van der Waals surface area contributed by atoms with Crippen LogP contribution in [0.5, 0.6) is 0 Å². The van der Waals surface area contributed by atoms with Gasteiger partial charge in [0.05, 0.1) is 33.8 Å². The molecule has 1 fully saturated rings. The summed E-state index contributed by atoms with van der Waals surface area (Å²) in [7, 11) is 0. The van der Waals surface area contributed by atoms with E-state index in [0.717, 1.165) is 10.6 Å². The van der Waals surface area contributed by atoms with Gasteiger partial charge in [-0.2, -0.15) is 9.38 Å². The van der Waals surface area contributed by atoms with Crippen LogP contribution in [0.15, 0.2) is 65.6 Å². The minimum atomic E-state index is -0.767. The molecule has 1 saturated heterocycles. The molecule has 2 aliphatic rings. The Morgan fingerprint density at radius 2 is 2.00 bits per heavy atom. The number of aromatic nitrogens is 2. The van der Waals surface area contributed by atoms with Crippen LogP contribution in [0.1, 0.15) is 23.3 Å². The molecule has 0 aliphatic carbocycles. The smallest absolute Gasteiger partial charge is 0.269 e. The first-order chi connectivity index (χ1) is 18.9. The highest BCUT2D eigenvalue weighted by molar-refractivity contribution is 7.95. The van der Waals surface area contributed by atoms with Gasteiger partial charge in [-0.15, -0.1) is 0 Å². The molecule has 3 aromatic carbocycles. The molecule has 0 bridgehead atoms. The second-order valence-electron chi connectivity index (χ2n) is 9.27. The number of hydrogen-bond acceptors (Lipinski definition) is 7. The van der Waals surface area contributed by atoms with Crippen LogP contribution in [-0.2, 0) is 20.4 Å². The summed E-state index contributed by atoms with van der Waals surface area (Å²) >= 11 is 1.19. The molecule has 3 heterocycles. The number of carbonyl (C=O) groups excluding carboxylic acids is 3. The second-order valence-corrected chi connectivity index (χ2v) is 10.0. The quantitative estimate of drug-likeness (QED) is 0.312. The SMILES string of the molecule is NC(=O)c1nn(CC(=O)N2CCCC2C(=O)Nc2cccc(-c3ccc4c(c3)NOS4)c2F)c2ccccc12. The monoisotopic (exact) mass is 546 g/mol. The third-order valence-electron chi connectivity index (χ3n) is 6.88. The lowest BCUT2D eigenvalue weighted by Crippen LogP contribution is -2.44. The zero-order valence-corrected chi connectivity index (χ0v) is 21.3. The van der Waals surface area contributed by atoms with Crippen LogP contribution < -0.4 is 16.5 Å². The van der Waals surface area contributed by atoms with Crippen LogP contribution in [0.4, 0.5) is 15.8 Å². The van der Waals surface area contributed by atoms with Crippen LogP contribution in [0.25, 0.3) is 22.0 Å². The van der Waals surface area contributed by atoms with Crippen molar-refractivity contribution in [3.8, 4) is 11.1 Å². The summed E-state index contributed by atoms with van der Waals surface area (Å²) in [6.45, 7) is 0.208. The molecule has 2 aliphatic heterocycles. The lowest BCUT2D eigenvalue weighted by atomic mass is 10.0.